The van der Waals surface area contributed by atoms with Gasteiger partial charge >= 0.3 is 0 Å². The van der Waals surface area contributed by atoms with Crippen molar-refractivity contribution in [1.29, 1.82) is 0 Å². The molecule has 0 heterocycles. The molecule has 0 saturated carbocycles. The van der Waals surface area contributed by atoms with E-state index < -0.39 is 10.0 Å². The molecule has 0 atom stereocenters. The first kappa shape index (κ1) is 21.9. The monoisotopic (exact) mass is 404 g/mol. The largest absolute Gasteiger partial charge is 0.494 e. The zero-order chi connectivity index (χ0) is 20.7. The number of nitrogens with zero attached hydrogens (tertiary/aromatic N) is 2. The SMILES string of the molecule is Cc1ccc(S(=O)(=O)N(C)CC(=O)N(C)CCCOc2ccccc2)cc1C. The van der Waals surface area contributed by atoms with Gasteiger partial charge in [-0.3, -0.25) is 4.79 Å². The molecule has 28 heavy (non-hydrogen) atoms. The Morgan fingerprint density at radius 2 is 1.68 bits per heavy atom. The molecule has 2 aromatic rings. The van der Waals surface area contributed by atoms with Crippen LogP contribution in [0.3, 0.4) is 0 Å². The van der Waals surface area contributed by atoms with E-state index in [1.165, 1.54) is 11.9 Å². The minimum atomic E-state index is -3.71. The van der Waals surface area contributed by atoms with E-state index in [2.05, 4.69) is 0 Å². The van der Waals surface area contributed by atoms with Gasteiger partial charge in [0.2, 0.25) is 15.9 Å². The van der Waals surface area contributed by atoms with Crippen LogP contribution in [0.1, 0.15) is 17.5 Å². The van der Waals surface area contributed by atoms with Crippen molar-refractivity contribution in [3.63, 3.8) is 0 Å². The summed E-state index contributed by atoms with van der Waals surface area (Å²) in [6.07, 6.45) is 0.657. The average molecular weight is 405 g/mol. The van der Waals surface area contributed by atoms with Crippen LogP contribution in [0.4, 0.5) is 0 Å². The van der Waals surface area contributed by atoms with Gasteiger partial charge in [-0.2, -0.15) is 4.31 Å². The minimum absolute atomic E-state index is 0.199. The molecular formula is C21H28N2O4S. The van der Waals surface area contributed by atoms with Gasteiger partial charge < -0.3 is 9.64 Å². The number of amides is 1. The highest BCUT2D eigenvalue weighted by molar-refractivity contribution is 7.89. The molecule has 1 amide bonds. The third-order valence-electron chi connectivity index (χ3n) is 4.62. The fourth-order valence-corrected chi connectivity index (χ4v) is 3.79. The first-order valence-corrected chi connectivity index (χ1v) is 10.6. The van der Waals surface area contributed by atoms with E-state index in [9.17, 15) is 13.2 Å². The maximum Gasteiger partial charge on any atom is 0.243 e. The number of likely N-dealkylation sites (N-methyl/N-ethyl adjacent to an activating group) is 2. The van der Waals surface area contributed by atoms with Crippen molar-refractivity contribution in [2.24, 2.45) is 0 Å². The van der Waals surface area contributed by atoms with E-state index in [0.29, 0.717) is 19.6 Å². The predicted molar refractivity (Wildman–Crippen MR) is 110 cm³/mol. The van der Waals surface area contributed by atoms with E-state index in [-0.39, 0.29) is 17.3 Å². The highest BCUT2D eigenvalue weighted by atomic mass is 32.2. The highest BCUT2D eigenvalue weighted by Gasteiger charge is 2.24. The Balaban J connectivity index is 1.85. The van der Waals surface area contributed by atoms with E-state index >= 15 is 0 Å². The van der Waals surface area contributed by atoms with E-state index in [1.807, 2.05) is 44.2 Å². The summed E-state index contributed by atoms with van der Waals surface area (Å²) in [7, 11) is -0.614. The van der Waals surface area contributed by atoms with Crippen LogP contribution in [-0.4, -0.2) is 57.3 Å². The van der Waals surface area contributed by atoms with Crippen LogP contribution in [0.15, 0.2) is 53.4 Å². The number of ether oxygens (including phenoxy) is 1. The smallest absolute Gasteiger partial charge is 0.243 e. The Hall–Kier alpha value is -2.38. The first-order chi connectivity index (χ1) is 13.2. The second-order valence-electron chi connectivity index (χ2n) is 6.84. The molecule has 0 aromatic heterocycles. The van der Waals surface area contributed by atoms with Gasteiger partial charge in [-0.1, -0.05) is 24.3 Å². The number of carbonyl (C=O) groups excluding carboxylic acids is 1. The summed E-state index contributed by atoms with van der Waals surface area (Å²) in [4.78, 5) is 14.1. The van der Waals surface area contributed by atoms with Crippen molar-refractivity contribution in [3.8, 4) is 5.75 Å². The second kappa shape index (κ2) is 9.71. The normalized spacial score (nSPS) is 11.5. The molecule has 7 heteroatoms. The Morgan fingerprint density at radius 1 is 1.00 bits per heavy atom. The lowest BCUT2D eigenvalue weighted by molar-refractivity contribution is -0.130. The van der Waals surface area contributed by atoms with Crippen LogP contribution < -0.4 is 4.74 Å². The summed E-state index contributed by atoms with van der Waals surface area (Å²) >= 11 is 0. The van der Waals surface area contributed by atoms with Crippen LogP contribution in [0.25, 0.3) is 0 Å². The zero-order valence-electron chi connectivity index (χ0n) is 16.9. The van der Waals surface area contributed by atoms with Gasteiger partial charge in [0.25, 0.3) is 0 Å². The molecule has 0 N–H and O–H groups in total. The molecule has 152 valence electrons. The summed E-state index contributed by atoms with van der Waals surface area (Å²) in [6.45, 7) is 4.56. The lowest BCUT2D eigenvalue weighted by atomic mass is 10.1. The van der Waals surface area contributed by atoms with E-state index in [4.69, 9.17) is 4.74 Å². The van der Waals surface area contributed by atoms with Crippen molar-refractivity contribution in [2.45, 2.75) is 25.2 Å². The van der Waals surface area contributed by atoms with Gasteiger partial charge in [-0.05, 0) is 55.7 Å². The van der Waals surface area contributed by atoms with Crippen molar-refractivity contribution in [2.75, 3.05) is 33.8 Å². The maximum atomic E-state index is 12.7. The van der Waals surface area contributed by atoms with Crippen molar-refractivity contribution < 1.29 is 17.9 Å². The van der Waals surface area contributed by atoms with Gasteiger partial charge in [0, 0.05) is 20.6 Å². The van der Waals surface area contributed by atoms with Gasteiger partial charge in [-0.25, -0.2) is 8.42 Å². The van der Waals surface area contributed by atoms with Crippen LogP contribution in [0, 0.1) is 13.8 Å². The molecule has 0 spiro atoms. The Kier molecular flexibility index (Phi) is 7.60. The summed E-state index contributed by atoms with van der Waals surface area (Å²) in [5.41, 5.74) is 1.92. The van der Waals surface area contributed by atoms with E-state index in [0.717, 1.165) is 21.2 Å². The predicted octanol–water partition coefficient (Wildman–Crippen LogP) is 2.85. The fraction of sp³-hybridized carbons (Fsp3) is 0.381. The molecule has 6 nitrogen and oxygen atoms in total. The quantitative estimate of drug-likeness (QED) is 0.603. The van der Waals surface area contributed by atoms with Gasteiger partial charge in [0.1, 0.15) is 5.75 Å². The molecule has 0 aliphatic carbocycles. The molecule has 0 unspecified atom stereocenters. The molecule has 2 rings (SSSR count). The summed E-state index contributed by atoms with van der Waals surface area (Å²) < 4.78 is 32.1. The third kappa shape index (κ3) is 5.81. The van der Waals surface area contributed by atoms with Crippen LogP contribution in [0.2, 0.25) is 0 Å². The highest BCUT2D eigenvalue weighted by Crippen LogP contribution is 2.18. The molecule has 0 bridgehead atoms. The lowest BCUT2D eigenvalue weighted by Gasteiger charge is -2.22. The molecule has 0 radical (unpaired) electrons. The Labute approximate surface area is 167 Å². The number of carbonyl (C=O) groups is 1. The van der Waals surface area contributed by atoms with Crippen LogP contribution in [0.5, 0.6) is 5.75 Å². The van der Waals surface area contributed by atoms with Crippen LogP contribution >= 0.6 is 0 Å². The third-order valence-corrected chi connectivity index (χ3v) is 6.42. The molecule has 0 aliphatic rings. The molecular weight excluding hydrogens is 376 g/mol. The van der Waals surface area contributed by atoms with E-state index in [1.54, 1.807) is 25.2 Å². The summed E-state index contributed by atoms with van der Waals surface area (Å²) in [5, 5.41) is 0. The van der Waals surface area contributed by atoms with Crippen molar-refractivity contribution >= 4 is 15.9 Å². The van der Waals surface area contributed by atoms with Gasteiger partial charge in [-0.15, -0.1) is 0 Å². The lowest BCUT2D eigenvalue weighted by Crippen LogP contribution is -2.40. The number of aryl methyl sites for hydroxylation is 2. The second-order valence-corrected chi connectivity index (χ2v) is 8.88. The number of rotatable bonds is 9. The van der Waals surface area contributed by atoms with Gasteiger partial charge in [0.15, 0.2) is 0 Å². The Morgan fingerprint density at radius 3 is 2.32 bits per heavy atom. The number of hydrogen-bond donors (Lipinski definition) is 0. The number of benzene rings is 2. The van der Waals surface area contributed by atoms with Crippen LogP contribution in [-0.2, 0) is 14.8 Å². The first-order valence-electron chi connectivity index (χ1n) is 9.17. The van der Waals surface area contributed by atoms with Crippen molar-refractivity contribution in [1.82, 2.24) is 9.21 Å². The molecule has 0 saturated heterocycles. The fourth-order valence-electron chi connectivity index (χ4n) is 2.58. The molecule has 0 fully saturated rings. The standard InChI is InChI=1S/C21H28N2O4S/c1-17-11-12-20(15-18(17)2)28(25,26)23(4)16-21(24)22(3)13-8-14-27-19-9-6-5-7-10-19/h5-7,9-12,15H,8,13-14,16H2,1-4H3. The number of para-hydroxylation sites is 1. The Bertz CT molecular complexity index is 898. The average Bonchev–Trinajstić information content (AvgIpc) is 2.67. The number of sulfonamides is 1. The zero-order valence-corrected chi connectivity index (χ0v) is 17.7. The summed E-state index contributed by atoms with van der Waals surface area (Å²) in [6, 6.07) is 14.5. The molecule has 0 aliphatic heterocycles. The van der Waals surface area contributed by atoms with Gasteiger partial charge in [0.05, 0.1) is 18.0 Å². The summed E-state index contributed by atoms with van der Waals surface area (Å²) in [5.74, 6) is 0.533. The topological polar surface area (TPSA) is 66.9 Å². The number of hydrogen-bond acceptors (Lipinski definition) is 4. The minimum Gasteiger partial charge on any atom is -0.494 e. The molecule has 2 aromatic carbocycles. The maximum absolute atomic E-state index is 12.7. The van der Waals surface area contributed by atoms with Crippen molar-refractivity contribution in [3.05, 3.63) is 59.7 Å².